The number of benzene rings is 1. The Hall–Kier alpha value is -2.10. The van der Waals surface area contributed by atoms with Gasteiger partial charge in [-0.25, -0.2) is 0 Å². The quantitative estimate of drug-likeness (QED) is 0.856. The van der Waals surface area contributed by atoms with E-state index in [2.05, 4.69) is 36.3 Å². The standard InChI is InChI=1S/C19H24N2O2/c1-13(2)17-11-18(23-20-17)19(22)21-9-5-8-16(12-21)15-7-4-6-14(3)10-15/h4,6-7,10-11,13,16H,5,8-9,12H2,1-3H3/t16-/m1/s1. The van der Waals surface area contributed by atoms with Gasteiger partial charge in [-0.2, -0.15) is 0 Å². The molecule has 1 atom stereocenters. The summed E-state index contributed by atoms with van der Waals surface area (Å²) in [6.45, 7) is 7.73. The molecule has 23 heavy (non-hydrogen) atoms. The molecule has 1 aliphatic heterocycles. The highest BCUT2D eigenvalue weighted by Crippen LogP contribution is 2.28. The van der Waals surface area contributed by atoms with Crippen molar-refractivity contribution in [3.05, 3.63) is 52.9 Å². The molecule has 1 aromatic carbocycles. The van der Waals surface area contributed by atoms with Crippen LogP contribution in [0, 0.1) is 6.92 Å². The summed E-state index contributed by atoms with van der Waals surface area (Å²) < 4.78 is 5.26. The number of aryl methyl sites for hydroxylation is 1. The zero-order valence-electron chi connectivity index (χ0n) is 14.1. The fraction of sp³-hybridized carbons (Fsp3) is 0.474. The zero-order chi connectivity index (χ0) is 16.4. The van der Waals surface area contributed by atoms with Crippen molar-refractivity contribution in [2.45, 2.75) is 45.4 Å². The predicted octanol–water partition coefficient (Wildman–Crippen LogP) is 4.13. The lowest BCUT2D eigenvalue weighted by Crippen LogP contribution is -2.39. The molecule has 4 nitrogen and oxygen atoms in total. The molecule has 0 spiro atoms. The second kappa shape index (κ2) is 6.57. The highest BCUT2D eigenvalue weighted by molar-refractivity contribution is 5.91. The molecule has 0 saturated carbocycles. The smallest absolute Gasteiger partial charge is 0.292 e. The van der Waals surface area contributed by atoms with Crippen LogP contribution in [0.2, 0.25) is 0 Å². The lowest BCUT2D eigenvalue weighted by molar-refractivity contribution is 0.0665. The van der Waals surface area contributed by atoms with Gasteiger partial charge in [-0.3, -0.25) is 4.79 Å². The van der Waals surface area contributed by atoms with Crippen LogP contribution < -0.4 is 0 Å². The molecule has 2 aromatic rings. The third-order valence-electron chi connectivity index (χ3n) is 4.55. The summed E-state index contributed by atoms with van der Waals surface area (Å²) in [5.41, 5.74) is 3.42. The van der Waals surface area contributed by atoms with Crippen LogP contribution in [0.3, 0.4) is 0 Å². The topological polar surface area (TPSA) is 46.3 Å². The van der Waals surface area contributed by atoms with E-state index >= 15 is 0 Å². The Morgan fingerprint density at radius 2 is 2.17 bits per heavy atom. The van der Waals surface area contributed by atoms with Crippen LogP contribution >= 0.6 is 0 Å². The molecule has 0 aliphatic carbocycles. The summed E-state index contributed by atoms with van der Waals surface area (Å²) in [6, 6.07) is 10.4. The van der Waals surface area contributed by atoms with Gasteiger partial charge in [-0.15, -0.1) is 0 Å². The van der Waals surface area contributed by atoms with E-state index in [4.69, 9.17) is 4.52 Å². The van der Waals surface area contributed by atoms with Gasteiger partial charge in [0.25, 0.3) is 5.91 Å². The van der Waals surface area contributed by atoms with E-state index < -0.39 is 0 Å². The Balaban J connectivity index is 1.73. The summed E-state index contributed by atoms with van der Waals surface area (Å²) >= 11 is 0. The van der Waals surface area contributed by atoms with Crippen LogP contribution in [-0.4, -0.2) is 29.1 Å². The molecule has 1 saturated heterocycles. The number of piperidine rings is 1. The van der Waals surface area contributed by atoms with Crippen molar-refractivity contribution in [3.8, 4) is 0 Å². The summed E-state index contributed by atoms with van der Waals surface area (Å²) in [6.07, 6.45) is 2.15. The fourth-order valence-corrected chi connectivity index (χ4v) is 3.18. The monoisotopic (exact) mass is 312 g/mol. The van der Waals surface area contributed by atoms with Crippen LogP contribution in [0.4, 0.5) is 0 Å². The molecular formula is C19H24N2O2. The Kier molecular flexibility index (Phi) is 4.51. The third kappa shape index (κ3) is 3.46. The Bertz CT molecular complexity index is 690. The highest BCUT2D eigenvalue weighted by atomic mass is 16.5. The van der Waals surface area contributed by atoms with Gasteiger partial charge in [0.15, 0.2) is 0 Å². The van der Waals surface area contributed by atoms with E-state index in [9.17, 15) is 4.79 Å². The van der Waals surface area contributed by atoms with Gasteiger partial charge in [0.2, 0.25) is 5.76 Å². The first kappa shape index (κ1) is 15.8. The molecule has 0 bridgehead atoms. The van der Waals surface area contributed by atoms with Crippen LogP contribution in [0.1, 0.15) is 65.9 Å². The Morgan fingerprint density at radius 3 is 2.87 bits per heavy atom. The van der Waals surface area contributed by atoms with Gasteiger partial charge in [0, 0.05) is 25.1 Å². The van der Waals surface area contributed by atoms with Crippen molar-refractivity contribution in [2.24, 2.45) is 0 Å². The van der Waals surface area contributed by atoms with Crippen LogP contribution in [-0.2, 0) is 0 Å². The van der Waals surface area contributed by atoms with Crippen molar-refractivity contribution < 1.29 is 9.32 Å². The van der Waals surface area contributed by atoms with Crippen molar-refractivity contribution in [3.63, 3.8) is 0 Å². The molecule has 4 heteroatoms. The van der Waals surface area contributed by atoms with Crippen molar-refractivity contribution in [2.75, 3.05) is 13.1 Å². The summed E-state index contributed by atoms with van der Waals surface area (Å²) in [5.74, 6) is 0.988. The van der Waals surface area contributed by atoms with Crippen molar-refractivity contribution >= 4 is 5.91 Å². The number of nitrogens with zero attached hydrogens (tertiary/aromatic N) is 2. The zero-order valence-corrected chi connectivity index (χ0v) is 14.1. The average molecular weight is 312 g/mol. The van der Waals surface area contributed by atoms with E-state index in [-0.39, 0.29) is 11.8 Å². The molecular weight excluding hydrogens is 288 g/mol. The number of carbonyl (C=O) groups is 1. The predicted molar refractivity (Wildman–Crippen MR) is 89.6 cm³/mol. The molecule has 1 fully saturated rings. The average Bonchev–Trinajstić information content (AvgIpc) is 3.04. The summed E-state index contributed by atoms with van der Waals surface area (Å²) in [5, 5.41) is 4.00. The third-order valence-corrected chi connectivity index (χ3v) is 4.55. The molecule has 2 heterocycles. The van der Waals surface area contributed by atoms with Gasteiger partial charge in [0.05, 0.1) is 5.69 Å². The number of carbonyl (C=O) groups excluding carboxylic acids is 1. The Labute approximate surface area is 137 Å². The fourth-order valence-electron chi connectivity index (χ4n) is 3.18. The second-order valence-corrected chi connectivity index (χ2v) is 6.78. The van der Waals surface area contributed by atoms with Gasteiger partial charge in [-0.1, -0.05) is 48.8 Å². The first-order chi connectivity index (χ1) is 11.0. The van der Waals surface area contributed by atoms with Crippen molar-refractivity contribution in [1.82, 2.24) is 10.1 Å². The molecule has 1 aromatic heterocycles. The SMILES string of the molecule is Cc1cccc([C@@H]2CCCN(C(=O)c3cc(C(C)C)no3)C2)c1. The highest BCUT2D eigenvalue weighted by Gasteiger charge is 2.28. The first-order valence-electron chi connectivity index (χ1n) is 8.37. The van der Waals surface area contributed by atoms with E-state index in [0.29, 0.717) is 11.7 Å². The van der Waals surface area contributed by atoms with Gasteiger partial charge in [-0.05, 0) is 31.2 Å². The maximum atomic E-state index is 12.7. The number of hydrogen-bond donors (Lipinski definition) is 0. The number of hydrogen-bond acceptors (Lipinski definition) is 3. The van der Waals surface area contributed by atoms with Gasteiger partial charge in [0.1, 0.15) is 0 Å². The van der Waals surface area contributed by atoms with E-state index in [1.807, 2.05) is 18.7 Å². The lowest BCUT2D eigenvalue weighted by atomic mass is 9.89. The van der Waals surface area contributed by atoms with Crippen LogP contribution in [0.5, 0.6) is 0 Å². The largest absolute Gasteiger partial charge is 0.351 e. The first-order valence-corrected chi connectivity index (χ1v) is 8.37. The number of amides is 1. The number of rotatable bonds is 3. The summed E-state index contributed by atoms with van der Waals surface area (Å²) in [7, 11) is 0. The summed E-state index contributed by atoms with van der Waals surface area (Å²) in [4.78, 5) is 14.6. The molecule has 1 amide bonds. The molecule has 0 radical (unpaired) electrons. The lowest BCUT2D eigenvalue weighted by Gasteiger charge is -2.32. The van der Waals surface area contributed by atoms with E-state index in [0.717, 1.165) is 31.6 Å². The van der Waals surface area contributed by atoms with Gasteiger partial charge < -0.3 is 9.42 Å². The normalized spacial score (nSPS) is 18.4. The minimum absolute atomic E-state index is 0.0400. The molecule has 1 aliphatic rings. The van der Waals surface area contributed by atoms with E-state index in [1.165, 1.54) is 11.1 Å². The second-order valence-electron chi connectivity index (χ2n) is 6.78. The van der Waals surface area contributed by atoms with Crippen molar-refractivity contribution in [1.29, 1.82) is 0 Å². The minimum Gasteiger partial charge on any atom is -0.351 e. The minimum atomic E-state index is -0.0400. The molecule has 122 valence electrons. The van der Waals surface area contributed by atoms with Crippen LogP contribution in [0.25, 0.3) is 0 Å². The number of likely N-dealkylation sites (tertiary alicyclic amines) is 1. The maximum Gasteiger partial charge on any atom is 0.292 e. The maximum absolute atomic E-state index is 12.7. The molecule has 0 unspecified atom stereocenters. The molecule has 0 N–H and O–H groups in total. The number of aromatic nitrogens is 1. The Morgan fingerprint density at radius 1 is 1.35 bits per heavy atom. The van der Waals surface area contributed by atoms with E-state index in [1.54, 1.807) is 6.07 Å². The van der Waals surface area contributed by atoms with Crippen LogP contribution in [0.15, 0.2) is 34.9 Å². The van der Waals surface area contributed by atoms with Gasteiger partial charge >= 0.3 is 0 Å². The molecule has 3 rings (SSSR count).